The van der Waals surface area contributed by atoms with Crippen molar-refractivity contribution >= 4 is 5.78 Å². The number of aliphatic hydroxyl groups is 1. The highest BCUT2D eigenvalue weighted by atomic mass is 16.3. The lowest BCUT2D eigenvalue weighted by Crippen LogP contribution is -2.51. The molecular weight excluding hydrogens is 284 g/mol. The Labute approximate surface area is 140 Å². The molecule has 2 fully saturated rings. The van der Waals surface area contributed by atoms with Crippen molar-refractivity contribution in [2.45, 2.75) is 90.1 Å². The molecule has 23 heavy (non-hydrogen) atoms. The summed E-state index contributed by atoms with van der Waals surface area (Å²) in [5.74, 6) is 2.66. The van der Waals surface area contributed by atoms with E-state index in [0.717, 1.165) is 56.8 Å². The molecular formula is C21H32O2. The lowest BCUT2D eigenvalue weighted by atomic mass is 9.52. The monoisotopic (exact) mass is 316 g/mol. The van der Waals surface area contributed by atoms with Crippen LogP contribution in [0.5, 0.6) is 0 Å². The Bertz CT molecular complexity index is 548. The minimum absolute atomic E-state index is 0.132. The molecule has 4 aliphatic rings. The van der Waals surface area contributed by atoms with Gasteiger partial charge in [0.2, 0.25) is 0 Å². The highest BCUT2D eigenvalue weighted by Crippen LogP contribution is 2.65. The molecule has 4 rings (SSSR count). The van der Waals surface area contributed by atoms with E-state index >= 15 is 0 Å². The van der Waals surface area contributed by atoms with Crippen LogP contribution in [0, 0.1) is 23.2 Å². The van der Waals surface area contributed by atoms with Gasteiger partial charge >= 0.3 is 0 Å². The van der Waals surface area contributed by atoms with Crippen molar-refractivity contribution in [2.75, 3.05) is 0 Å². The van der Waals surface area contributed by atoms with Crippen LogP contribution < -0.4 is 0 Å². The molecule has 128 valence electrons. The Balaban J connectivity index is 1.63. The summed E-state index contributed by atoms with van der Waals surface area (Å²) in [5, 5.41) is 11.3. The van der Waals surface area contributed by atoms with Gasteiger partial charge in [-0.3, -0.25) is 4.79 Å². The molecule has 4 aliphatic carbocycles. The minimum Gasteiger partial charge on any atom is -0.389 e. The maximum Gasteiger partial charge on any atom is 0.137 e. The van der Waals surface area contributed by atoms with Crippen LogP contribution in [-0.4, -0.2) is 16.5 Å². The molecule has 0 saturated heterocycles. The van der Waals surface area contributed by atoms with E-state index in [0.29, 0.717) is 11.7 Å². The average molecular weight is 316 g/mol. The predicted molar refractivity (Wildman–Crippen MR) is 92.0 cm³/mol. The standard InChI is InChI=1S/C21H32O2/c1-3-10-21(23)12-9-19-18-6-4-14-13-15(22)5-7-16(14)17(18)8-11-20(19,21)2/h17-19,23H,3-13H2,1-2H3/t17-,18-,19+,20+,21+/m1/s1. The highest BCUT2D eigenvalue weighted by Gasteiger charge is 2.61. The van der Waals surface area contributed by atoms with E-state index in [4.69, 9.17) is 0 Å². The second-order valence-corrected chi connectivity index (χ2v) is 9.04. The Morgan fingerprint density at radius 1 is 1.13 bits per heavy atom. The summed E-state index contributed by atoms with van der Waals surface area (Å²) in [6.07, 6.45) is 11.7. The fourth-order valence-electron chi connectivity index (χ4n) is 6.99. The topological polar surface area (TPSA) is 37.3 Å². The van der Waals surface area contributed by atoms with Gasteiger partial charge in [0.05, 0.1) is 5.60 Å². The van der Waals surface area contributed by atoms with E-state index in [9.17, 15) is 9.90 Å². The van der Waals surface area contributed by atoms with E-state index in [1.54, 1.807) is 5.57 Å². The van der Waals surface area contributed by atoms with Gasteiger partial charge in [-0.05, 0) is 74.5 Å². The average Bonchev–Trinajstić information content (AvgIpc) is 2.79. The minimum atomic E-state index is -0.422. The summed E-state index contributed by atoms with van der Waals surface area (Å²) in [4.78, 5) is 11.8. The number of carbonyl (C=O) groups excluding carboxylic acids is 1. The van der Waals surface area contributed by atoms with Gasteiger partial charge in [-0.15, -0.1) is 0 Å². The van der Waals surface area contributed by atoms with Gasteiger partial charge in [-0.1, -0.05) is 31.4 Å². The summed E-state index contributed by atoms with van der Waals surface area (Å²) in [7, 11) is 0. The van der Waals surface area contributed by atoms with Crippen molar-refractivity contribution in [3.05, 3.63) is 11.1 Å². The van der Waals surface area contributed by atoms with Crippen LogP contribution in [-0.2, 0) is 4.79 Å². The molecule has 0 radical (unpaired) electrons. The first kappa shape index (κ1) is 15.9. The fraction of sp³-hybridized carbons (Fsp3) is 0.857. The molecule has 0 unspecified atom stereocenters. The molecule has 5 atom stereocenters. The van der Waals surface area contributed by atoms with Crippen molar-refractivity contribution in [3.63, 3.8) is 0 Å². The number of hydrogen-bond donors (Lipinski definition) is 1. The van der Waals surface area contributed by atoms with Gasteiger partial charge in [-0.2, -0.15) is 0 Å². The molecule has 0 amide bonds. The van der Waals surface area contributed by atoms with E-state index in [-0.39, 0.29) is 5.41 Å². The van der Waals surface area contributed by atoms with E-state index in [1.807, 2.05) is 0 Å². The predicted octanol–water partition coefficient (Wildman–Crippen LogP) is 4.80. The van der Waals surface area contributed by atoms with Crippen LogP contribution in [0.25, 0.3) is 0 Å². The summed E-state index contributed by atoms with van der Waals surface area (Å²) in [6, 6.07) is 0. The van der Waals surface area contributed by atoms with Crippen LogP contribution >= 0.6 is 0 Å². The number of Topliss-reactive ketones (excluding diaryl/α,β-unsaturated/α-hetero) is 1. The smallest absolute Gasteiger partial charge is 0.137 e. The molecule has 0 aliphatic heterocycles. The van der Waals surface area contributed by atoms with Crippen molar-refractivity contribution in [1.29, 1.82) is 0 Å². The molecule has 0 aromatic rings. The molecule has 2 heteroatoms. The van der Waals surface area contributed by atoms with Crippen molar-refractivity contribution in [3.8, 4) is 0 Å². The second-order valence-electron chi connectivity index (χ2n) is 9.04. The SMILES string of the molecule is CCC[C@]1(O)CC[C@H]2[C@@H]3CCC4=C(CCC(=O)C4)[C@H]3CC[C@@]21C. The summed E-state index contributed by atoms with van der Waals surface area (Å²) in [6.45, 7) is 4.60. The third kappa shape index (κ3) is 2.20. The Morgan fingerprint density at radius 3 is 2.74 bits per heavy atom. The molecule has 2 nitrogen and oxygen atoms in total. The maximum absolute atomic E-state index is 11.8. The van der Waals surface area contributed by atoms with Crippen molar-refractivity contribution in [1.82, 2.24) is 0 Å². The normalized spacial score (nSPS) is 46.4. The molecule has 1 N–H and O–H groups in total. The molecule has 0 spiro atoms. The van der Waals surface area contributed by atoms with Crippen LogP contribution in [0.1, 0.15) is 84.5 Å². The van der Waals surface area contributed by atoms with Gasteiger partial charge in [0.15, 0.2) is 0 Å². The summed E-state index contributed by atoms with van der Waals surface area (Å²) >= 11 is 0. The molecule has 0 bridgehead atoms. The van der Waals surface area contributed by atoms with Gasteiger partial charge in [0.25, 0.3) is 0 Å². The highest BCUT2D eigenvalue weighted by molar-refractivity contribution is 5.82. The molecule has 2 saturated carbocycles. The van der Waals surface area contributed by atoms with Crippen molar-refractivity contribution < 1.29 is 9.90 Å². The molecule has 0 aromatic carbocycles. The number of allylic oxidation sites excluding steroid dienone is 2. The number of carbonyl (C=O) groups is 1. The first-order chi connectivity index (χ1) is 11.0. The number of rotatable bonds is 2. The summed E-state index contributed by atoms with van der Waals surface area (Å²) in [5.41, 5.74) is 2.89. The number of fused-ring (bicyclic) bond motifs is 4. The zero-order chi connectivity index (χ0) is 16.2. The van der Waals surface area contributed by atoms with Crippen LogP contribution in [0.3, 0.4) is 0 Å². The first-order valence-corrected chi connectivity index (χ1v) is 9.93. The van der Waals surface area contributed by atoms with Crippen LogP contribution in [0.2, 0.25) is 0 Å². The largest absolute Gasteiger partial charge is 0.389 e. The second kappa shape index (κ2) is 5.44. The summed E-state index contributed by atoms with van der Waals surface area (Å²) < 4.78 is 0. The van der Waals surface area contributed by atoms with Gasteiger partial charge in [0.1, 0.15) is 5.78 Å². The molecule has 0 heterocycles. The zero-order valence-corrected chi connectivity index (χ0v) is 14.9. The Hall–Kier alpha value is -0.630. The van der Waals surface area contributed by atoms with Crippen LogP contribution in [0.15, 0.2) is 11.1 Å². The van der Waals surface area contributed by atoms with Gasteiger partial charge in [0, 0.05) is 12.8 Å². The number of hydrogen-bond acceptors (Lipinski definition) is 2. The fourth-order valence-corrected chi connectivity index (χ4v) is 6.99. The van der Waals surface area contributed by atoms with E-state index in [1.165, 1.54) is 31.3 Å². The molecule has 0 aromatic heterocycles. The lowest BCUT2D eigenvalue weighted by molar-refractivity contribution is -0.120. The van der Waals surface area contributed by atoms with Gasteiger partial charge < -0.3 is 5.11 Å². The third-order valence-corrected chi connectivity index (χ3v) is 8.19. The maximum atomic E-state index is 11.8. The zero-order valence-electron chi connectivity index (χ0n) is 14.9. The van der Waals surface area contributed by atoms with Gasteiger partial charge in [-0.25, -0.2) is 0 Å². The Morgan fingerprint density at radius 2 is 1.96 bits per heavy atom. The van der Waals surface area contributed by atoms with E-state index in [2.05, 4.69) is 13.8 Å². The quantitative estimate of drug-likeness (QED) is 0.743. The Kier molecular flexibility index (Phi) is 3.75. The van der Waals surface area contributed by atoms with Crippen LogP contribution in [0.4, 0.5) is 0 Å². The number of ketones is 1. The third-order valence-electron chi connectivity index (χ3n) is 8.19. The van der Waals surface area contributed by atoms with Crippen molar-refractivity contribution in [2.24, 2.45) is 23.2 Å². The van der Waals surface area contributed by atoms with E-state index < -0.39 is 5.60 Å². The first-order valence-electron chi connectivity index (χ1n) is 9.93. The lowest BCUT2D eigenvalue weighted by Gasteiger charge is -2.54.